The highest BCUT2D eigenvalue weighted by atomic mass is 15.4. The molecule has 1 fully saturated rings. The molecule has 0 aromatic carbocycles. The summed E-state index contributed by atoms with van der Waals surface area (Å²) in [6.07, 6.45) is 12.8. The molecule has 3 aromatic heterocycles. The highest BCUT2D eigenvalue weighted by molar-refractivity contribution is 5.37. The van der Waals surface area contributed by atoms with E-state index in [1.54, 1.807) is 34.2 Å². The van der Waals surface area contributed by atoms with Gasteiger partial charge in [0.15, 0.2) is 0 Å². The van der Waals surface area contributed by atoms with E-state index in [1.807, 2.05) is 12.4 Å². The summed E-state index contributed by atoms with van der Waals surface area (Å²) in [7, 11) is 0. The molecule has 0 N–H and O–H groups in total. The van der Waals surface area contributed by atoms with Crippen LogP contribution < -0.4 is 4.90 Å². The third kappa shape index (κ3) is 2.24. The van der Waals surface area contributed by atoms with Crippen LogP contribution in [0.25, 0.3) is 11.9 Å². The second kappa shape index (κ2) is 4.97. The Balaban J connectivity index is 1.83. The van der Waals surface area contributed by atoms with Crippen LogP contribution in [0.15, 0.2) is 37.4 Å². The van der Waals surface area contributed by atoms with E-state index in [0.717, 1.165) is 13.1 Å². The molecule has 0 unspecified atom stereocenters. The van der Waals surface area contributed by atoms with E-state index in [0.29, 0.717) is 17.8 Å². The Labute approximate surface area is 121 Å². The highest BCUT2D eigenvalue weighted by Crippen LogP contribution is 2.18. The predicted octanol–water partition coefficient (Wildman–Crippen LogP) is 0.843. The van der Waals surface area contributed by atoms with E-state index in [-0.39, 0.29) is 0 Å². The fourth-order valence-corrected chi connectivity index (χ4v) is 2.39. The van der Waals surface area contributed by atoms with E-state index < -0.39 is 0 Å². The van der Waals surface area contributed by atoms with Gasteiger partial charge in [-0.25, -0.2) is 9.97 Å². The average molecular weight is 282 g/mol. The Hall–Kier alpha value is -2.77. The predicted molar refractivity (Wildman–Crippen MR) is 75.5 cm³/mol. The van der Waals surface area contributed by atoms with Crippen LogP contribution in [-0.2, 0) is 0 Å². The second-order valence-electron chi connectivity index (χ2n) is 4.87. The minimum absolute atomic E-state index is 0.563. The van der Waals surface area contributed by atoms with Crippen LogP contribution >= 0.6 is 0 Å². The van der Waals surface area contributed by atoms with Crippen molar-refractivity contribution in [1.29, 1.82) is 0 Å². The van der Waals surface area contributed by atoms with Crippen LogP contribution in [0.3, 0.4) is 0 Å². The zero-order valence-corrected chi connectivity index (χ0v) is 11.4. The zero-order valence-electron chi connectivity index (χ0n) is 11.4. The van der Waals surface area contributed by atoms with Crippen LogP contribution in [0.5, 0.6) is 0 Å². The molecular weight excluding hydrogens is 268 g/mol. The molecule has 0 saturated carbocycles. The standard InChI is InChI=1S/C13H14N8/c1-2-6-19(5-1)11-16-12(20-7-3-14-9-20)18-13(17-11)21-8-4-15-10-21/h3-4,7-10H,1-2,5-6H2. The Kier molecular flexibility index (Phi) is 2.84. The molecule has 0 radical (unpaired) electrons. The van der Waals surface area contributed by atoms with Gasteiger partial charge in [-0.15, -0.1) is 0 Å². The quantitative estimate of drug-likeness (QED) is 0.708. The normalized spacial score (nSPS) is 14.8. The summed E-state index contributed by atoms with van der Waals surface area (Å²) in [4.78, 5) is 23.9. The van der Waals surface area contributed by atoms with Gasteiger partial charge in [0, 0.05) is 37.9 Å². The fraction of sp³-hybridized carbons (Fsp3) is 0.308. The van der Waals surface area contributed by atoms with Crippen molar-refractivity contribution < 1.29 is 0 Å². The van der Waals surface area contributed by atoms with Crippen molar-refractivity contribution in [3.8, 4) is 11.9 Å². The summed E-state index contributed by atoms with van der Waals surface area (Å²) in [5.41, 5.74) is 0. The van der Waals surface area contributed by atoms with E-state index in [1.165, 1.54) is 12.8 Å². The molecule has 4 rings (SSSR count). The van der Waals surface area contributed by atoms with Gasteiger partial charge in [0.2, 0.25) is 17.8 Å². The van der Waals surface area contributed by atoms with E-state index in [9.17, 15) is 0 Å². The van der Waals surface area contributed by atoms with Crippen LogP contribution in [0.2, 0.25) is 0 Å². The van der Waals surface area contributed by atoms with Gasteiger partial charge >= 0.3 is 0 Å². The monoisotopic (exact) mass is 282 g/mol. The van der Waals surface area contributed by atoms with Gasteiger partial charge in [0.05, 0.1) is 0 Å². The van der Waals surface area contributed by atoms with Gasteiger partial charge < -0.3 is 4.90 Å². The first-order valence-corrected chi connectivity index (χ1v) is 6.88. The van der Waals surface area contributed by atoms with Gasteiger partial charge in [0.25, 0.3) is 0 Å². The summed E-state index contributed by atoms with van der Waals surface area (Å²) in [6.45, 7) is 1.97. The topological polar surface area (TPSA) is 77.5 Å². The Morgan fingerprint density at radius 2 is 1.24 bits per heavy atom. The minimum Gasteiger partial charge on any atom is -0.341 e. The van der Waals surface area contributed by atoms with Gasteiger partial charge in [-0.2, -0.15) is 15.0 Å². The van der Waals surface area contributed by atoms with E-state index >= 15 is 0 Å². The minimum atomic E-state index is 0.563. The first-order valence-electron chi connectivity index (χ1n) is 6.88. The van der Waals surface area contributed by atoms with Crippen molar-refractivity contribution in [3.05, 3.63) is 37.4 Å². The molecule has 0 amide bonds. The Morgan fingerprint density at radius 3 is 1.71 bits per heavy atom. The lowest BCUT2D eigenvalue weighted by Crippen LogP contribution is -2.22. The number of aromatic nitrogens is 7. The molecule has 8 heteroatoms. The molecule has 0 spiro atoms. The van der Waals surface area contributed by atoms with Crippen LogP contribution in [0, 0.1) is 0 Å². The second-order valence-corrected chi connectivity index (χ2v) is 4.87. The number of rotatable bonds is 3. The molecule has 1 aliphatic heterocycles. The van der Waals surface area contributed by atoms with Gasteiger partial charge in [-0.3, -0.25) is 9.13 Å². The highest BCUT2D eigenvalue weighted by Gasteiger charge is 2.18. The molecule has 1 aliphatic rings. The van der Waals surface area contributed by atoms with Gasteiger partial charge in [0.1, 0.15) is 12.7 Å². The maximum absolute atomic E-state index is 4.56. The summed E-state index contributed by atoms with van der Waals surface area (Å²) < 4.78 is 3.56. The third-order valence-corrected chi connectivity index (χ3v) is 3.46. The molecule has 106 valence electrons. The number of hydrogen-bond donors (Lipinski definition) is 0. The molecule has 1 saturated heterocycles. The van der Waals surface area contributed by atoms with E-state index in [4.69, 9.17) is 0 Å². The van der Waals surface area contributed by atoms with Crippen LogP contribution in [0.4, 0.5) is 5.95 Å². The van der Waals surface area contributed by atoms with Crippen LogP contribution in [-0.4, -0.2) is 47.1 Å². The largest absolute Gasteiger partial charge is 0.341 e. The average Bonchev–Trinajstić information content (AvgIpc) is 3.29. The van der Waals surface area contributed by atoms with Gasteiger partial charge in [-0.05, 0) is 12.8 Å². The number of nitrogens with zero attached hydrogens (tertiary/aromatic N) is 8. The molecule has 0 atom stereocenters. The molecule has 3 aromatic rings. The number of hydrogen-bond acceptors (Lipinski definition) is 6. The van der Waals surface area contributed by atoms with Crippen molar-refractivity contribution in [3.63, 3.8) is 0 Å². The molecule has 4 heterocycles. The first kappa shape index (κ1) is 12.0. The Bertz CT molecular complexity index is 660. The summed E-state index contributed by atoms with van der Waals surface area (Å²) >= 11 is 0. The van der Waals surface area contributed by atoms with Crippen molar-refractivity contribution in [1.82, 2.24) is 34.1 Å². The lowest BCUT2D eigenvalue weighted by molar-refractivity contribution is 0.801. The van der Waals surface area contributed by atoms with Gasteiger partial charge in [-0.1, -0.05) is 0 Å². The molecule has 0 bridgehead atoms. The van der Waals surface area contributed by atoms with Crippen molar-refractivity contribution in [2.45, 2.75) is 12.8 Å². The van der Waals surface area contributed by atoms with Crippen molar-refractivity contribution >= 4 is 5.95 Å². The molecule has 0 aliphatic carbocycles. The lowest BCUT2D eigenvalue weighted by Gasteiger charge is -2.16. The zero-order chi connectivity index (χ0) is 14.1. The number of imidazole rings is 2. The Morgan fingerprint density at radius 1 is 0.714 bits per heavy atom. The van der Waals surface area contributed by atoms with Crippen molar-refractivity contribution in [2.24, 2.45) is 0 Å². The maximum Gasteiger partial charge on any atom is 0.241 e. The smallest absolute Gasteiger partial charge is 0.241 e. The lowest BCUT2D eigenvalue weighted by atomic mass is 10.4. The summed E-state index contributed by atoms with van der Waals surface area (Å²) in [5.74, 6) is 1.83. The first-order chi connectivity index (χ1) is 10.4. The third-order valence-electron chi connectivity index (χ3n) is 3.46. The van der Waals surface area contributed by atoms with Crippen molar-refractivity contribution in [2.75, 3.05) is 18.0 Å². The van der Waals surface area contributed by atoms with Crippen LogP contribution in [0.1, 0.15) is 12.8 Å². The molecular formula is C13H14N8. The maximum atomic E-state index is 4.56. The fourth-order valence-electron chi connectivity index (χ4n) is 2.39. The summed E-state index contributed by atoms with van der Waals surface area (Å²) in [6, 6.07) is 0. The summed E-state index contributed by atoms with van der Waals surface area (Å²) in [5, 5.41) is 0. The molecule has 8 nitrogen and oxygen atoms in total. The SMILES string of the molecule is c1cn(-c2nc(N3CCCC3)nc(-n3ccnc3)n2)cn1. The number of anilines is 1. The van der Waals surface area contributed by atoms with E-state index in [2.05, 4.69) is 29.8 Å². The molecule has 21 heavy (non-hydrogen) atoms.